The molecule has 0 N–H and O–H groups in total. The molecule has 2 heterocycles. The van der Waals surface area contributed by atoms with Gasteiger partial charge in [0.2, 0.25) is 0 Å². The number of para-hydroxylation sites is 1. The van der Waals surface area contributed by atoms with Gasteiger partial charge in [0.1, 0.15) is 0 Å². The zero-order valence-electron chi connectivity index (χ0n) is 9.50. The number of anilines is 1. The Hall–Kier alpha value is -1.74. The van der Waals surface area contributed by atoms with E-state index >= 15 is 0 Å². The van der Waals surface area contributed by atoms with Crippen LogP contribution in [0, 0.1) is 0 Å². The third kappa shape index (κ3) is 1.94. The molecule has 1 aliphatic heterocycles. The van der Waals surface area contributed by atoms with Crippen molar-refractivity contribution in [2.45, 2.75) is 4.90 Å². The second kappa shape index (κ2) is 4.26. The number of aromatic nitrogens is 1. The minimum atomic E-state index is 0.995. The Labute approximate surface area is 105 Å². The minimum absolute atomic E-state index is 0.995. The topological polar surface area (TPSA) is 16.1 Å². The fourth-order valence-electron chi connectivity index (χ4n) is 1.83. The standard InChI is InChI=1S/C14H12N2S/c1-16-12-7-2-3-8-13(12)17-14(16)10-11-6-4-5-9-15-11/h2-10H,1H3/b14-10+. The quantitative estimate of drug-likeness (QED) is 0.757. The summed E-state index contributed by atoms with van der Waals surface area (Å²) in [4.78, 5) is 7.83. The summed E-state index contributed by atoms with van der Waals surface area (Å²) in [5.41, 5.74) is 2.26. The van der Waals surface area contributed by atoms with E-state index in [9.17, 15) is 0 Å². The third-order valence-electron chi connectivity index (χ3n) is 2.73. The molecule has 0 atom stereocenters. The number of rotatable bonds is 1. The third-order valence-corrected chi connectivity index (χ3v) is 3.90. The Morgan fingerprint density at radius 1 is 1.12 bits per heavy atom. The van der Waals surface area contributed by atoms with Crippen molar-refractivity contribution in [1.29, 1.82) is 0 Å². The fraction of sp³-hybridized carbons (Fsp3) is 0.0714. The number of fused-ring (bicyclic) bond motifs is 1. The Kier molecular flexibility index (Phi) is 2.61. The van der Waals surface area contributed by atoms with Gasteiger partial charge in [0.05, 0.1) is 16.4 Å². The first kappa shape index (κ1) is 10.4. The number of nitrogens with zero attached hydrogens (tertiary/aromatic N) is 2. The van der Waals surface area contributed by atoms with E-state index in [-0.39, 0.29) is 0 Å². The maximum Gasteiger partial charge on any atom is 0.0820 e. The van der Waals surface area contributed by atoms with Crippen LogP contribution in [0.1, 0.15) is 5.69 Å². The van der Waals surface area contributed by atoms with E-state index in [1.54, 1.807) is 11.8 Å². The Morgan fingerprint density at radius 2 is 1.94 bits per heavy atom. The van der Waals surface area contributed by atoms with E-state index in [4.69, 9.17) is 0 Å². The van der Waals surface area contributed by atoms with Crippen LogP contribution in [0.15, 0.2) is 58.6 Å². The van der Waals surface area contributed by atoms with Crippen LogP contribution in [0.4, 0.5) is 5.69 Å². The molecule has 2 aromatic rings. The lowest BCUT2D eigenvalue weighted by Gasteiger charge is -2.12. The van der Waals surface area contributed by atoms with Crippen molar-refractivity contribution < 1.29 is 0 Å². The molecule has 2 nitrogen and oxygen atoms in total. The number of thioether (sulfide) groups is 1. The Bertz CT molecular complexity index is 563. The average molecular weight is 240 g/mol. The zero-order valence-corrected chi connectivity index (χ0v) is 10.3. The first-order valence-electron chi connectivity index (χ1n) is 5.48. The van der Waals surface area contributed by atoms with Gasteiger partial charge < -0.3 is 4.90 Å². The van der Waals surface area contributed by atoms with E-state index in [0.717, 1.165) is 5.69 Å². The van der Waals surface area contributed by atoms with Crippen LogP contribution in [0.2, 0.25) is 0 Å². The lowest BCUT2D eigenvalue weighted by molar-refractivity contribution is 1.18. The van der Waals surface area contributed by atoms with Crippen LogP contribution in [0.5, 0.6) is 0 Å². The monoisotopic (exact) mass is 240 g/mol. The molecule has 0 unspecified atom stereocenters. The molecule has 0 aliphatic carbocycles. The molecule has 84 valence electrons. The van der Waals surface area contributed by atoms with Crippen molar-refractivity contribution in [2.75, 3.05) is 11.9 Å². The van der Waals surface area contributed by atoms with Crippen molar-refractivity contribution in [3.63, 3.8) is 0 Å². The molecule has 1 aromatic carbocycles. The van der Waals surface area contributed by atoms with Crippen LogP contribution in [-0.4, -0.2) is 12.0 Å². The van der Waals surface area contributed by atoms with Gasteiger partial charge in [-0.25, -0.2) is 0 Å². The highest BCUT2D eigenvalue weighted by molar-refractivity contribution is 8.03. The van der Waals surface area contributed by atoms with E-state index in [1.807, 2.05) is 24.4 Å². The fourth-order valence-corrected chi connectivity index (χ4v) is 2.93. The molecule has 0 bridgehead atoms. The molecule has 1 aliphatic rings. The number of benzene rings is 1. The number of hydrogen-bond donors (Lipinski definition) is 0. The van der Waals surface area contributed by atoms with Crippen LogP contribution in [-0.2, 0) is 0 Å². The van der Waals surface area contributed by atoms with Crippen molar-refractivity contribution in [2.24, 2.45) is 0 Å². The molecule has 0 fully saturated rings. The van der Waals surface area contributed by atoms with Gasteiger partial charge in [-0.1, -0.05) is 30.0 Å². The second-order valence-corrected chi connectivity index (χ2v) is 4.93. The lowest BCUT2D eigenvalue weighted by Crippen LogP contribution is -2.09. The maximum atomic E-state index is 4.32. The molecular weight excluding hydrogens is 228 g/mol. The Balaban J connectivity index is 1.97. The van der Waals surface area contributed by atoms with Gasteiger partial charge in [-0.15, -0.1) is 0 Å². The van der Waals surface area contributed by atoms with Gasteiger partial charge in [0.25, 0.3) is 0 Å². The largest absolute Gasteiger partial charge is 0.338 e. The lowest BCUT2D eigenvalue weighted by atomic mass is 10.3. The second-order valence-electron chi connectivity index (χ2n) is 3.87. The Morgan fingerprint density at radius 3 is 2.71 bits per heavy atom. The molecule has 0 saturated heterocycles. The summed E-state index contributed by atoms with van der Waals surface area (Å²) >= 11 is 1.79. The highest BCUT2D eigenvalue weighted by Crippen LogP contribution is 2.45. The molecule has 0 amide bonds. The molecule has 0 radical (unpaired) electrons. The molecule has 0 saturated carbocycles. The van der Waals surface area contributed by atoms with E-state index in [2.05, 4.69) is 47.3 Å². The normalized spacial score (nSPS) is 16.3. The van der Waals surface area contributed by atoms with Gasteiger partial charge in [-0.05, 0) is 30.3 Å². The predicted molar refractivity (Wildman–Crippen MR) is 72.9 cm³/mol. The van der Waals surface area contributed by atoms with Gasteiger partial charge in [-0.3, -0.25) is 4.98 Å². The smallest absolute Gasteiger partial charge is 0.0820 e. The minimum Gasteiger partial charge on any atom is -0.338 e. The van der Waals surface area contributed by atoms with Crippen molar-refractivity contribution in [3.8, 4) is 0 Å². The van der Waals surface area contributed by atoms with E-state index in [1.165, 1.54) is 15.6 Å². The summed E-state index contributed by atoms with van der Waals surface area (Å²) in [5, 5.41) is 1.21. The summed E-state index contributed by atoms with van der Waals surface area (Å²) < 4.78 is 0. The van der Waals surface area contributed by atoms with Gasteiger partial charge in [0.15, 0.2) is 0 Å². The maximum absolute atomic E-state index is 4.32. The number of pyridine rings is 1. The van der Waals surface area contributed by atoms with Crippen LogP contribution in [0.25, 0.3) is 6.08 Å². The van der Waals surface area contributed by atoms with Crippen molar-refractivity contribution in [3.05, 3.63) is 59.4 Å². The van der Waals surface area contributed by atoms with Crippen molar-refractivity contribution in [1.82, 2.24) is 4.98 Å². The SMILES string of the molecule is CN1/C(=C\c2ccccn2)Sc2ccccc21. The predicted octanol–water partition coefficient (Wildman–Crippen LogP) is 3.62. The first-order chi connectivity index (χ1) is 8.34. The van der Waals surface area contributed by atoms with Crippen molar-refractivity contribution >= 4 is 23.5 Å². The molecule has 3 rings (SSSR count). The summed E-state index contributed by atoms with van der Waals surface area (Å²) in [7, 11) is 2.09. The summed E-state index contributed by atoms with van der Waals surface area (Å²) in [6.07, 6.45) is 3.93. The van der Waals surface area contributed by atoms with Crippen LogP contribution >= 0.6 is 11.8 Å². The first-order valence-corrected chi connectivity index (χ1v) is 6.29. The molecule has 0 spiro atoms. The molecular formula is C14H12N2S. The summed E-state index contributed by atoms with van der Waals surface area (Å²) in [5.74, 6) is 0. The van der Waals surface area contributed by atoms with Gasteiger partial charge in [0, 0.05) is 18.1 Å². The van der Waals surface area contributed by atoms with Gasteiger partial charge in [-0.2, -0.15) is 0 Å². The molecule has 3 heteroatoms. The molecule has 17 heavy (non-hydrogen) atoms. The van der Waals surface area contributed by atoms with Crippen LogP contribution < -0.4 is 4.90 Å². The van der Waals surface area contributed by atoms with E-state index in [0.29, 0.717) is 0 Å². The zero-order chi connectivity index (χ0) is 11.7. The summed E-state index contributed by atoms with van der Waals surface area (Å²) in [6, 6.07) is 14.4. The summed E-state index contributed by atoms with van der Waals surface area (Å²) in [6.45, 7) is 0. The molecule has 1 aromatic heterocycles. The average Bonchev–Trinajstić information content (AvgIpc) is 2.68. The van der Waals surface area contributed by atoms with E-state index < -0.39 is 0 Å². The number of hydrogen-bond acceptors (Lipinski definition) is 3. The van der Waals surface area contributed by atoms with Crippen LogP contribution in [0.3, 0.4) is 0 Å². The highest BCUT2D eigenvalue weighted by Gasteiger charge is 2.20. The highest BCUT2D eigenvalue weighted by atomic mass is 32.2. The van der Waals surface area contributed by atoms with Gasteiger partial charge >= 0.3 is 0 Å².